The summed E-state index contributed by atoms with van der Waals surface area (Å²) >= 11 is 0. The molecule has 0 heterocycles. The quantitative estimate of drug-likeness (QED) is 0.821. The molecule has 2 aromatic rings. The molecule has 0 saturated carbocycles. The Morgan fingerprint density at radius 2 is 1.58 bits per heavy atom. The number of rotatable bonds is 2. The second-order valence-electron chi connectivity index (χ2n) is 3.81. The van der Waals surface area contributed by atoms with Gasteiger partial charge < -0.3 is 11.1 Å². The Kier molecular flexibility index (Phi) is 3.41. The monoisotopic (exact) mass is 266 g/mol. The van der Waals surface area contributed by atoms with E-state index in [4.69, 9.17) is 5.73 Å². The normalized spacial score (nSPS) is 10.3. The predicted octanol–water partition coefficient (Wildman–Crippen LogP) is 2.94. The van der Waals surface area contributed by atoms with Crippen molar-refractivity contribution in [3.8, 4) is 0 Å². The molecule has 0 unspecified atom stereocenters. The molecule has 0 aliphatic rings. The molecule has 3 nitrogen and oxygen atoms in total. The molecule has 0 radical (unpaired) electrons. The Bertz CT molecular complexity index is 627. The first-order valence-electron chi connectivity index (χ1n) is 5.29. The van der Waals surface area contributed by atoms with E-state index in [1.165, 1.54) is 12.1 Å². The lowest BCUT2D eigenvalue weighted by Gasteiger charge is -2.08. The number of benzene rings is 2. The Labute approximate surface area is 106 Å². The number of carbonyl (C=O) groups is 1. The van der Waals surface area contributed by atoms with Gasteiger partial charge in [-0.1, -0.05) is 0 Å². The Hall–Kier alpha value is -2.50. The fourth-order valence-corrected chi connectivity index (χ4v) is 1.49. The van der Waals surface area contributed by atoms with Crippen LogP contribution in [0.15, 0.2) is 36.4 Å². The molecule has 0 fully saturated rings. The first-order chi connectivity index (χ1) is 8.97. The topological polar surface area (TPSA) is 55.1 Å². The van der Waals surface area contributed by atoms with Gasteiger partial charge in [-0.3, -0.25) is 4.79 Å². The lowest BCUT2D eigenvalue weighted by atomic mass is 10.1. The molecule has 0 spiro atoms. The van der Waals surface area contributed by atoms with Crippen molar-refractivity contribution in [1.82, 2.24) is 0 Å². The van der Waals surface area contributed by atoms with E-state index in [-0.39, 0.29) is 11.3 Å². The van der Waals surface area contributed by atoms with E-state index in [0.717, 1.165) is 18.2 Å². The van der Waals surface area contributed by atoms with Crippen LogP contribution in [0, 0.1) is 17.5 Å². The van der Waals surface area contributed by atoms with E-state index in [0.29, 0.717) is 11.8 Å². The van der Waals surface area contributed by atoms with E-state index in [1.807, 2.05) is 0 Å². The number of carbonyl (C=O) groups excluding carboxylic acids is 1. The van der Waals surface area contributed by atoms with Gasteiger partial charge in [0.15, 0.2) is 11.6 Å². The first kappa shape index (κ1) is 12.9. The summed E-state index contributed by atoms with van der Waals surface area (Å²) in [7, 11) is 0. The number of hydrogen-bond donors (Lipinski definition) is 2. The average Bonchev–Trinajstić information content (AvgIpc) is 2.36. The van der Waals surface area contributed by atoms with Crippen LogP contribution in [0.3, 0.4) is 0 Å². The van der Waals surface area contributed by atoms with Crippen molar-refractivity contribution in [1.29, 1.82) is 0 Å². The largest absolute Gasteiger partial charge is 0.398 e. The highest BCUT2D eigenvalue weighted by atomic mass is 19.2. The smallest absolute Gasteiger partial charge is 0.257 e. The number of nitrogen functional groups attached to an aromatic ring is 1. The molecule has 0 aromatic heterocycles. The molecule has 0 aliphatic carbocycles. The van der Waals surface area contributed by atoms with Crippen LogP contribution in [0.5, 0.6) is 0 Å². The minimum atomic E-state index is -1.17. The summed E-state index contributed by atoms with van der Waals surface area (Å²) in [5.41, 5.74) is 5.38. The molecule has 2 aromatic carbocycles. The number of anilines is 2. The van der Waals surface area contributed by atoms with E-state index >= 15 is 0 Å². The molecule has 98 valence electrons. The Balaban J connectivity index is 2.25. The Morgan fingerprint density at radius 1 is 1.00 bits per heavy atom. The first-order valence-corrected chi connectivity index (χ1v) is 5.29. The lowest BCUT2D eigenvalue weighted by Crippen LogP contribution is -2.14. The summed E-state index contributed by atoms with van der Waals surface area (Å²) in [6, 6.07) is 6.43. The molecule has 1 amide bonds. The van der Waals surface area contributed by atoms with Crippen LogP contribution in [0.2, 0.25) is 0 Å². The van der Waals surface area contributed by atoms with Crippen molar-refractivity contribution in [2.24, 2.45) is 0 Å². The van der Waals surface area contributed by atoms with Crippen LogP contribution in [-0.4, -0.2) is 5.91 Å². The van der Waals surface area contributed by atoms with E-state index < -0.39 is 23.4 Å². The molecular weight excluding hydrogens is 257 g/mol. The Morgan fingerprint density at radius 3 is 2.21 bits per heavy atom. The summed E-state index contributed by atoms with van der Waals surface area (Å²) in [6.45, 7) is 0. The lowest BCUT2D eigenvalue weighted by molar-refractivity contribution is 0.102. The zero-order valence-electron chi connectivity index (χ0n) is 9.58. The fraction of sp³-hybridized carbons (Fsp3) is 0. The number of nitrogens with two attached hydrogens (primary N) is 1. The van der Waals surface area contributed by atoms with Gasteiger partial charge in [0.25, 0.3) is 5.91 Å². The van der Waals surface area contributed by atoms with Crippen molar-refractivity contribution in [3.05, 3.63) is 59.4 Å². The second kappa shape index (κ2) is 5.01. The van der Waals surface area contributed by atoms with Crippen molar-refractivity contribution < 1.29 is 18.0 Å². The molecule has 2 rings (SSSR count). The van der Waals surface area contributed by atoms with Crippen LogP contribution in [-0.2, 0) is 0 Å². The summed E-state index contributed by atoms with van der Waals surface area (Å²) < 4.78 is 38.6. The highest BCUT2D eigenvalue weighted by molar-refractivity contribution is 6.07. The van der Waals surface area contributed by atoms with Crippen molar-refractivity contribution in [3.63, 3.8) is 0 Å². The number of nitrogens with one attached hydrogen (secondary N) is 1. The maximum absolute atomic E-state index is 13.1. The fourth-order valence-electron chi connectivity index (χ4n) is 1.49. The molecule has 0 atom stereocenters. The van der Waals surface area contributed by atoms with Crippen molar-refractivity contribution in [2.45, 2.75) is 0 Å². The number of hydrogen-bond acceptors (Lipinski definition) is 2. The van der Waals surface area contributed by atoms with Gasteiger partial charge in [-0.2, -0.15) is 0 Å². The van der Waals surface area contributed by atoms with Gasteiger partial charge in [0.05, 0.1) is 5.56 Å². The maximum atomic E-state index is 13.1. The van der Waals surface area contributed by atoms with Gasteiger partial charge in [-0.25, -0.2) is 13.2 Å². The number of halogens is 3. The van der Waals surface area contributed by atoms with Gasteiger partial charge in [0.2, 0.25) is 0 Å². The minimum absolute atomic E-state index is 0.182. The average molecular weight is 266 g/mol. The molecule has 19 heavy (non-hydrogen) atoms. The summed E-state index contributed by atoms with van der Waals surface area (Å²) in [6.07, 6.45) is 0. The summed E-state index contributed by atoms with van der Waals surface area (Å²) in [5.74, 6) is -3.46. The van der Waals surface area contributed by atoms with Gasteiger partial charge in [-0.05, 0) is 30.3 Å². The van der Waals surface area contributed by atoms with Gasteiger partial charge in [-0.15, -0.1) is 0 Å². The van der Waals surface area contributed by atoms with Crippen LogP contribution >= 0.6 is 0 Å². The standard InChI is InChI=1S/C13H9F3N2O/c14-7-1-3-8(4-2-7)18-13(19)9-5-10(15)11(16)6-12(9)17/h1-6H,17H2,(H,18,19). The third-order valence-electron chi connectivity index (χ3n) is 2.44. The zero-order valence-corrected chi connectivity index (χ0v) is 9.58. The third kappa shape index (κ3) is 2.85. The maximum Gasteiger partial charge on any atom is 0.257 e. The van der Waals surface area contributed by atoms with E-state index in [1.54, 1.807) is 0 Å². The molecule has 0 saturated heterocycles. The van der Waals surface area contributed by atoms with Crippen LogP contribution < -0.4 is 11.1 Å². The molecule has 0 bridgehead atoms. The second-order valence-corrected chi connectivity index (χ2v) is 3.81. The zero-order chi connectivity index (χ0) is 14.0. The molecule has 3 N–H and O–H groups in total. The summed E-state index contributed by atoms with van der Waals surface area (Å²) in [4.78, 5) is 11.8. The summed E-state index contributed by atoms with van der Waals surface area (Å²) in [5, 5.41) is 2.40. The highest BCUT2D eigenvalue weighted by Gasteiger charge is 2.14. The van der Waals surface area contributed by atoms with Gasteiger partial charge in [0.1, 0.15) is 5.82 Å². The SMILES string of the molecule is Nc1cc(F)c(F)cc1C(=O)Nc1ccc(F)cc1. The predicted molar refractivity (Wildman–Crippen MR) is 65.1 cm³/mol. The van der Waals surface area contributed by atoms with Crippen molar-refractivity contribution >= 4 is 17.3 Å². The molecular formula is C13H9F3N2O. The third-order valence-corrected chi connectivity index (χ3v) is 2.44. The minimum Gasteiger partial charge on any atom is -0.398 e. The van der Waals surface area contributed by atoms with E-state index in [9.17, 15) is 18.0 Å². The van der Waals surface area contributed by atoms with Crippen LogP contribution in [0.4, 0.5) is 24.5 Å². The number of amides is 1. The highest BCUT2D eigenvalue weighted by Crippen LogP contribution is 2.19. The van der Waals surface area contributed by atoms with Crippen LogP contribution in [0.25, 0.3) is 0 Å². The van der Waals surface area contributed by atoms with E-state index in [2.05, 4.69) is 5.32 Å². The van der Waals surface area contributed by atoms with Gasteiger partial charge in [0, 0.05) is 17.4 Å². The van der Waals surface area contributed by atoms with Crippen molar-refractivity contribution in [2.75, 3.05) is 11.1 Å². The molecule has 6 heteroatoms. The van der Waals surface area contributed by atoms with Gasteiger partial charge >= 0.3 is 0 Å². The molecule has 0 aliphatic heterocycles. The van der Waals surface area contributed by atoms with Crippen LogP contribution in [0.1, 0.15) is 10.4 Å².